The highest BCUT2D eigenvalue weighted by atomic mass is 35.5. The van der Waals surface area contributed by atoms with E-state index in [-0.39, 0.29) is 5.91 Å². The van der Waals surface area contributed by atoms with E-state index in [9.17, 15) is 4.79 Å². The van der Waals surface area contributed by atoms with E-state index in [4.69, 9.17) is 23.2 Å². The van der Waals surface area contributed by atoms with Crippen LogP contribution < -0.4 is 5.32 Å². The van der Waals surface area contributed by atoms with Gasteiger partial charge in [0, 0.05) is 28.7 Å². The van der Waals surface area contributed by atoms with Gasteiger partial charge in [0.05, 0.1) is 16.3 Å². The Balaban J connectivity index is 1.55. The number of pyridine rings is 1. The summed E-state index contributed by atoms with van der Waals surface area (Å²) in [5, 5.41) is 3.64. The number of imidazole rings is 1. The zero-order valence-corrected chi connectivity index (χ0v) is 15.0. The molecule has 6 heteroatoms. The maximum atomic E-state index is 12.4. The number of halogens is 2. The first-order valence-corrected chi connectivity index (χ1v) is 8.66. The van der Waals surface area contributed by atoms with Crippen molar-refractivity contribution in [3.8, 4) is 11.3 Å². The first kappa shape index (κ1) is 16.6. The number of carbonyl (C=O) groups excluding carboxylic acids is 1. The molecule has 0 fully saturated rings. The predicted molar refractivity (Wildman–Crippen MR) is 105 cm³/mol. The third-order valence-electron chi connectivity index (χ3n) is 3.98. The van der Waals surface area contributed by atoms with E-state index in [1.165, 1.54) is 0 Å². The van der Waals surface area contributed by atoms with Crippen LogP contribution in [-0.2, 0) is 0 Å². The van der Waals surface area contributed by atoms with Crippen LogP contribution >= 0.6 is 23.2 Å². The molecule has 128 valence electrons. The van der Waals surface area contributed by atoms with Crippen molar-refractivity contribution < 1.29 is 4.79 Å². The van der Waals surface area contributed by atoms with Crippen molar-refractivity contribution in [2.75, 3.05) is 5.32 Å². The van der Waals surface area contributed by atoms with Crippen molar-refractivity contribution in [2.45, 2.75) is 0 Å². The molecule has 2 aromatic heterocycles. The molecular formula is C20H13Cl2N3O. The minimum Gasteiger partial charge on any atom is -0.322 e. The number of carbonyl (C=O) groups is 1. The van der Waals surface area contributed by atoms with E-state index < -0.39 is 0 Å². The van der Waals surface area contributed by atoms with Gasteiger partial charge >= 0.3 is 0 Å². The second-order valence-electron chi connectivity index (χ2n) is 5.75. The van der Waals surface area contributed by atoms with Crippen molar-refractivity contribution in [1.29, 1.82) is 0 Å². The molecule has 1 amide bonds. The van der Waals surface area contributed by atoms with Crippen LogP contribution in [0.25, 0.3) is 16.9 Å². The molecule has 2 aromatic carbocycles. The van der Waals surface area contributed by atoms with E-state index in [2.05, 4.69) is 10.3 Å². The number of amides is 1. The Morgan fingerprint density at radius 2 is 1.81 bits per heavy atom. The largest absolute Gasteiger partial charge is 0.322 e. The third-order valence-corrected chi connectivity index (χ3v) is 4.53. The lowest BCUT2D eigenvalue weighted by atomic mass is 10.1. The van der Waals surface area contributed by atoms with Gasteiger partial charge in [0.15, 0.2) is 0 Å². The van der Waals surface area contributed by atoms with E-state index in [0.29, 0.717) is 21.3 Å². The zero-order valence-electron chi connectivity index (χ0n) is 13.5. The molecule has 2 heterocycles. The van der Waals surface area contributed by atoms with Gasteiger partial charge < -0.3 is 9.72 Å². The second-order valence-corrected chi connectivity index (χ2v) is 6.59. The van der Waals surface area contributed by atoms with Crippen molar-refractivity contribution in [3.63, 3.8) is 0 Å². The van der Waals surface area contributed by atoms with E-state index in [0.717, 1.165) is 16.9 Å². The van der Waals surface area contributed by atoms with Gasteiger partial charge in [-0.05, 0) is 42.5 Å². The Morgan fingerprint density at radius 1 is 1.00 bits per heavy atom. The molecule has 0 saturated carbocycles. The van der Waals surface area contributed by atoms with Gasteiger partial charge in [0.25, 0.3) is 5.91 Å². The molecule has 0 saturated heterocycles. The van der Waals surface area contributed by atoms with Crippen molar-refractivity contribution in [1.82, 2.24) is 9.38 Å². The number of anilines is 1. The summed E-state index contributed by atoms with van der Waals surface area (Å²) in [6.45, 7) is 0. The van der Waals surface area contributed by atoms with Gasteiger partial charge in [-0.2, -0.15) is 0 Å². The van der Waals surface area contributed by atoms with Crippen LogP contribution in [-0.4, -0.2) is 15.3 Å². The highest BCUT2D eigenvalue weighted by Gasteiger charge is 2.11. The Labute approximate surface area is 160 Å². The van der Waals surface area contributed by atoms with Crippen molar-refractivity contribution >= 4 is 40.4 Å². The molecular weight excluding hydrogens is 369 g/mol. The number of aromatic nitrogens is 2. The predicted octanol–water partition coefficient (Wildman–Crippen LogP) is 5.56. The number of hydrogen-bond donors (Lipinski definition) is 1. The molecule has 0 unspecified atom stereocenters. The summed E-state index contributed by atoms with van der Waals surface area (Å²) in [7, 11) is 0. The SMILES string of the molecule is O=C(Nc1ccc(-c2cn3ccccc3n2)cc1)c1ccc(Cl)cc1Cl. The highest BCUT2D eigenvalue weighted by Crippen LogP contribution is 2.24. The highest BCUT2D eigenvalue weighted by molar-refractivity contribution is 6.37. The lowest BCUT2D eigenvalue weighted by molar-refractivity contribution is 0.102. The fourth-order valence-corrected chi connectivity index (χ4v) is 3.16. The van der Waals surface area contributed by atoms with Gasteiger partial charge in [0.2, 0.25) is 0 Å². The van der Waals surface area contributed by atoms with E-state index >= 15 is 0 Å². The monoisotopic (exact) mass is 381 g/mol. The smallest absolute Gasteiger partial charge is 0.257 e. The van der Waals surface area contributed by atoms with E-state index in [1.54, 1.807) is 18.2 Å². The fourth-order valence-electron chi connectivity index (χ4n) is 2.67. The first-order valence-electron chi connectivity index (χ1n) is 7.91. The Morgan fingerprint density at radius 3 is 2.54 bits per heavy atom. The second kappa shape index (κ2) is 6.83. The summed E-state index contributed by atoms with van der Waals surface area (Å²) in [4.78, 5) is 17.0. The Bertz CT molecular complexity index is 1070. The molecule has 0 aliphatic rings. The molecule has 26 heavy (non-hydrogen) atoms. The number of nitrogens with one attached hydrogen (secondary N) is 1. The van der Waals surface area contributed by atoms with Gasteiger partial charge in [-0.25, -0.2) is 4.98 Å². The van der Waals surface area contributed by atoms with Crippen LogP contribution in [0, 0.1) is 0 Å². The Kier molecular flexibility index (Phi) is 4.37. The summed E-state index contributed by atoms with van der Waals surface area (Å²) in [6, 6.07) is 18.1. The molecule has 0 aliphatic heterocycles. The van der Waals surface area contributed by atoms with Crippen LogP contribution in [0.3, 0.4) is 0 Å². The van der Waals surface area contributed by atoms with Crippen LogP contribution in [0.4, 0.5) is 5.69 Å². The fraction of sp³-hybridized carbons (Fsp3) is 0. The molecule has 0 atom stereocenters. The number of hydrogen-bond acceptors (Lipinski definition) is 2. The Hall–Kier alpha value is -2.82. The summed E-state index contributed by atoms with van der Waals surface area (Å²) >= 11 is 11.9. The van der Waals surface area contributed by atoms with Crippen LogP contribution in [0.2, 0.25) is 10.0 Å². The lowest BCUT2D eigenvalue weighted by Crippen LogP contribution is -2.12. The first-order chi connectivity index (χ1) is 12.6. The number of rotatable bonds is 3. The van der Waals surface area contributed by atoms with Crippen LogP contribution in [0.5, 0.6) is 0 Å². The standard InChI is InChI=1S/C20H13Cl2N3O/c21-14-6-9-16(17(22)11-14)20(26)23-15-7-4-13(5-8-15)18-12-25-10-2-1-3-19(25)24-18/h1-12H,(H,23,26). The van der Waals surface area contributed by atoms with Crippen molar-refractivity contribution in [3.05, 3.63) is 88.7 Å². The summed E-state index contributed by atoms with van der Waals surface area (Å²) in [5.41, 5.74) is 3.78. The molecule has 0 bridgehead atoms. The topological polar surface area (TPSA) is 46.4 Å². The normalized spacial score (nSPS) is 10.8. The van der Waals surface area contributed by atoms with Gasteiger partial charge in [-0.3, -0.25) is 4.79 Å². The number of benzene rings is 2. The summed E-state index contributed by atoms with van der Waals surface area (Å²) < 4.78 is 1.97. The molecule has 0 radical (unpaired) electrons. The molecule has 4 nitrogen and oxygen atoms in total. The average Bonchev–Trinajstić information content (AvgIpc) is 3.06. The molecule has 4 aromatic rings. The summed E-state index contributed by atoms with van der Waals surface area (Å²) in [5.74, 6) is -0.285. The molecule has 1 N–H and O–H groups in total. The molecule has 4 rings (SSSR count). The van der Waals surface area contributed by atoms with Crippen LogP contribution in [0.1, 0.15) is 10.4 Å². The molecule has 0 spiro atoms. The maximum Gasteiger partial charge on any atom is 0.257 e. The van der Waals surface area contributed by atoms with Gasteiger partial charge in [0.1, 0.15) is 5.65 Å². The quantitative estimate of drug-likeness (QED) is 0.504. The lowest BCUT2D eigenvalue weighted by Gasteiger charge is -2.07. The maximum absolute atomic E-state index is 12.4. The zero-order chi connectivity index (χ0) is 18.1. The van der Waals surface area contributed by atoms with Crippen LogP contribution in [0.15, 0.2) is 73.1 Å². The van der Waals surface area contributed by atoms with Gasteiger partial charge in [-0.15, -0.1) is 0 Å². The number of fused-ring (bicyclic) bond motifs is 1. The van der Waals surface area contributed by atoms with Gasteiger partial charge in [-0.1, -0.05) is 41.4 Å². The summed E-state index contributed by atoms with van der Waals surface area (Å²) in [6.07, 6.45) is 3.92. The number of nitrogens with zero attached hydrogens (tertiary/aromatic N) is 2. The minimum atomic E-state index is -0.285. The average molecular weight is 382 g/mol. The third kappa shape index (κ3) is 3.29. The molecule has 0 aliphatic carbocycles. The minimum absolute atomic E-state index is 0.285. The van der Waals surface area contributed by atoms with E-state index in [1.807, 2.05) is 59.3 Å². The van der Waals surface area contributed by atoms with Crippen molar-refractivity contribution in [2.24, 2.45) is 0 Å².